The van der Waals surface area contributed by atoms with E-state index in [1.807, 2.05) is 13.8 Å². The summed E-state index contributed by atoms with van der Waals surface area (Å²) in [6.07, 6.45) is -4.20. The first-order valence-electron chi connectivity index (χ1n) is 5.10. The van der Waals surface area contributed by atoms with Crippen LogP contribution < -0.4 is 0 Å². The molecule has 0 saturated heterocycles. The van der Waals surface area contributed by atoms with Crippen LogP contribution in [0, 0.1) is 13.8 Å². The Balaban J connectivity index is 2.66. The Morgan fingerprint density at radius 1 is 1.35 bits per heavy atom. The Kier molecular flexibility index (Phi) is 5.22. The average Bonchev–Trinajstić information content (AvgIpc) is 2.43. The lowest BCUT2D eigenvalue weighted by Gasteiger charge is -2.21. The van der Waals surface area contributed by atoms with Crippen LogP contribution in [0.5, 0.6) is 0 Å². The number of rotatable bonds is 5. The van der Waals surface area contributed by atoms with Gasteiger partial charge in [-0.1, -0.05) is 0 Å². The maximum atomic E-state index is 12.3. The zero-order valence-corrected chi connectivity index (χ0v) is 11.2. The number of thiazole rings is 1. The normalized spacial score (nSPS) is 12.4. The minimum Gasteiger partial charge on any atom is -0.287 e. The molecule has 0 fully saturated rings. The van der Waals surface area contributed by atoms with Gasteiger partial charge in [0.2, 0.25) is 0 Å². The molecule has 0 amide bonds. The van der Waals surface area contributed by atoms with Crippen molar-refractivity contribution in [3.63, 3.8) is 0 Å². The molecule has 0 aliphatic heterocycles. The third kappa shape index (κ3) is 5.23. The lowest BCUT2D eigenvalue weighted by atomic mass is 10.4. The molecule has 1 aromatic rings. The van der Waals surface area contributed by atoms with Crippen LogP contribution in [0.3, 0.4) is 0 Å². The molecule has 2 nitrogen and oxygen atoms in total. The van der Waals surface area contributed by atoms with Gasteiger partial charge in [0, 0.05) is 17.3 Å². The fourth-order valence-electron chi connectivity index (χ4n) is 1.39. The molecule has 0 atom stereocenters. The van der Waals surface area contributed by atoms with Gasteiger partial charge in [0.05, 0.1) is 18.8 Å². The molecule has 0 unspecified atom stereocenters. The van der Waals surface area contributed by atoms with Crippen molar-refractivity contribution in [2.24, 2.45) is 0 Å². The summed E-state index contributed by atoms with van der Waals surface area (Å²) in [6.45, 7) is 3.22. The second-order valence-electron chi connectivity index (χ2n) is 3.76. The Bertz CT molecular complexity index is 345. The molecule has 0 saturated carbocycles. The number of aromatic nitrogens is 1. The van der Waals surface area contributed by atoms with Crippen molar-refractivity contribution in [3.8, 4) is 0 Å². The summed E-state index contributed by atoms with van der Waals surface area (Å²) in [4.78, 5) is 6.54. The standard InChI is InChI=1S/C10H14ClF3N2S/c1-7-8(2)17-9(15-7)5-16(4-3-11)6-10(12,13)14/h3-6H2,1-2H3. The molecule has 0 radical (unpaired) electrons. The molecule has 0 aliphatic carbocycles. The van der Waals surface area contributed by atoms with E-state index in [0.717, 1.165) is 10.6 Å². The van der Waals surface area contributed by atoms with Crippen molar-refractivity contribution in [2.45, 2.75) is 26.6 Å². The topological polar surface area (TPSA) is 16.1 Å². The molecule has 7 heteroatoms. The van der Waals surface area contributed by atoms with Crippen molar-refractivity contribution in [3.05, 3.63) is 15.6 Å². The summed E-state index contributed by atoms with van der Waals surface area (Å²) in [6, 6.07) is 0. The highest BCUT2D eigenvalue weighted by Gasteiger charge is 2.30. The Morgan fingerprint density at radius 2 is 2.00 bits per heavy atom. The first-order chi connectivity index (χ1) is 7.81. The number of hydrogen-bond donors (Lipinski definition) is 0. The van der Waals surface area contributed by atoms with Crippen LogP contribution in [0.4, 0.5) is 13.2 Å². The van der Waals surface area contributed by atoms with Gasteiger partial charge in [-0.3, -0.25) is 4.90 Å². The summed E-state index contributed by atoms with van der Waals surface area (Å²) in [5.74, 6) is 0.180. The van der Waals surface area contributed by atoms with Crippen LogP contribution in [0.2, 0.25) is 0 Å². The van der Waals surface area contributed by atoms with E-state index in [1.54, 1.807) is 0 Å². The molecular weight excluding hydrogens is 273 g/mol. The van der Waals surface area contributed by atoms with Crippen LogP contribution >= 0.6 is 22.9 Å². The molecular formula is C10H14ClF3N2S. The van der Waals surface area contributed by atoms with E-state index in [1.165, 1.54) is 16.2 Å². The molecule has 0 spiro atoms. The van der Waals surface area contributed by atoms with Crippen molar-refractivity contribution in [1.29, 1.82) is 0 Å². The van der Waals surface area contributed by atoms with Gasteiger partial charge in [-0.05, 0) is 13.8 Å². The highest BCUT2D eigenvalue weighted by atomic mass is 35.5. The summed E-state index contributed by atoms with van der Waals surface area (Å²) < 4.78 is 36.9. The third-order valence-corrected chi connectivity index (χ3v) is 3.46. The van der Waals surface area contributed by atoms with E-state index in [9.17, 15) is 13.2 Å². The van der Waals surface area contributed by atoms with Gasteiger partial charge in [0.25, 0.3) is 0 Å². The van der Waals surface area contributed by atoms with Crippen LogP contribution in [-0.4, -0.2) is 35.0 Å². The first-order valence-corrected chi connectivity index (χ1v) is 6.45. The maximum absolute atomic E-state index is 12.3. The Labute approximate surface area is 107 Å². The van der Waals surface area contributed by atoms with Gasteiger partial charge in [-0.15, -0.1) is 22.9 Å². The molecule has 0 aromatic carbocycles. The van der Waals surface area contributed by atoms with E-state index in [2.05, 4.69) is 4.98 Å². The molecule has 0 bridgehead atoms. The average molecular weight is 287 g/mol. The highest BCUT2D eigenvalue weighted by molar-refractivity contribution is 7.11. The summed E-state index contributed by atoms with van der Waals surface area (Å²) in [7, 11) is 0. The Hall–Kier alpha value is -0.330. The number of alkyl halides is 4. The fourth-order valence-corrected chi connectivity index (χ4v) is 2.60. The predicted octanol–water partition coefficient (Wildman–Crippen LogP) is 3.36. The summed E-state index contributed by atoms with van der Waals surface area (Å²) >= 11 is 6.93. The summed E-state index contributed by atoms with van der Waals surface area (Å²) in [5.41, 5.74) is 0.878. The fraction of sp³-hybridized carbons (Fsp3) is 0.700. The van der Waals surface area contributed by atoms with E-state index in [0.29, 0.717) is 5.01 Å². The second kappa shape index (κ2) is 6.02. The zero-order chi connectivity index (χ0) is 13.1. The molecule has 0 N–H and O–H groups in total. The summed E-state index contributed by atoms with van der Waals surface area (Å²) in [5, 5.41) is 0.703. The van der Waals surface area contributed by atoms with Gasteiger partial charge in [0.15, 0.2) is 0 Å². The maximum Gasteiger partial charge on any atom is 0.401 e. The third-order valence-electron chi connectivity index (χ3n) is 2.24. The molecule has 98 valence electrons. The van der Waals surface area contributed by atoms with Crippen LogP contribution in [-0.2, 0) is 6.54 Å². The van der Waals surface area contributed by atoms with E-state index < -0.39 is 12.7 Å². The van der Waals surface area contributed by atoms with Gasteiger partial charge in [0.1, 0.15) is 5.01 Å². The van der Waals surface area contributed by atoms with Gasteiger partial charge in [-0.2, -0.15) is 13.2 Å². The van der Waals surface area contributed by atoms with Crippen molar-refractivity contribution >= 4 is 22.9 Å². The minimum absolute atomic E-state index is 0.180. The number of nitrogens with zero attached hydrogens (tertiary/aromatic N) is 2. The highest BCUT2D eigenvalue weighted by Crippen LogP contribution is 2.21. The van der Waals surface area contributed by atoms with E-state index in [-0.39, 0.29) is 19.0 Å². The zero-order valence-electron chi connectivity index (χ0n) is 9.64. The minimum atomic E-state index is -4.20. The van der Waals surface area contributed by atoms with Gasteiger partial charge >= 0.3 is 6.18 Å². The Morgan fingerprint density at radius 3 is 2.41 bits per heavy atom. The second-order valence-corrected chi connectivity index (χ2v) is 5.43. The van der Waals surface area contributed by atoms with Crippen molar-refractivity contribution in [2.75, 3.05) is 19.0 Å². The van der Waals surface area contributed by atoms with Crippen LogP contribution in [0.1, 0.15) is 15.6 Å². The molecule has 1 rings (SSSR count). The molecule has 1 aromatic heterocycles. The molecule has 17 heavy (non-hydrogen) atoms. The van der Waals surface area contributed by atoms with E-state index >= 15 is 0 Å². The number of aryl methyl sites for hydroxylation is 2. The van der Waals surface area contributed by atoms with Crippen molar-refractivity contribution < 1.29 is 13.2 Å². The molecule has 1 heterocycles. The smallest absolute Gasteiger partial charge is 0.287 e. The quantitative estimate of drug-likeness (QED) is 0.772. The first kappa shape index (κ1) is 14.7. The molecule has 0 aliphatic rings. The van der Waals surface area contributed by atoms with Gasteiger partial charge in [-0.25, -0.2) is 4.98 Å². The largest absolute Gasteiger partial charge is 0.401 e. The van der Waals surface area contributed by atoms with E-state index in [4.69, 9.17) is 11.6 Å². The van der Waals surface area contributed by atoms with Gasteiger partial charge < -0.3 is 0 Å². The van der Waals surface area contributed by atoms with Crippen LogP contribution in [0.25, 0.3) is 0 Å². The monoisotopic (exact) mass is 286 g/mol. The predicted molar refractivity (Wildman–Crippen MR) is 63.6 cm³/mol. The SMILES string of the molecule is Cc1nc(CN(CCCl)CC(F)(F)F)sc1C. The van der Waals surface area contributed by atoms with Crippen molar-refractivity contribution in [1.82, 2.24) is 9.88 Å². The lowest BCUT2D eigenvalue weighted by Crippen LogP contribution is -2.35. The number of hydrogen-bond acceptors (Lipinski definition) is 3. The van der Waals surface area contributed by atoms with Crippen LogP contribution in [0.15, 0.2) is 0 Å². The lowest BCUT2D eigenvalue weighted by molar-refractivity contribution is -0.146. The number of halogens is 4.